The molecule has 0 aliphatic carbocycles. The van der Waals surface area contributed by atoms with E-state index in [4.69, 9.17) is 4.74 Å². The monoisotopic (exact) mass is 300 g/mol. The highest BCUT2D eigenvalue weighted by molar-refractivity contribution is 6.57. The van der Waals surface area contributed by atoms with Crippen LogP contribution in [0.15, 0.2) is 0 Å². The molecule has 0 spiro atoms. The average Bonchev–Trinajstić information content (AvgIpc) is 2.39. The van der Waals surface area contributed by atoms with Crippen LogP contribution >= 0.6 is 0 Å². The summed E-state index contributed by atoms with van der Waals surface area (Å²) in [5.74, 6) is -0.108. The van der Waals surface area contributed by atoms with E-state index in [0.717, 1.165) is 6.42 Å². The Morgan fingerprint density at radius 1 is 0.900 bits per heavy atom. The zero-order valence-electron chi connectivity index (χ0n) is 14.2. The van der Waals surface area contributed by atoms with Crippen LogP contribution in [0, 0.1) is 0 Å². The summed E-state index contributed by atoms with van der Waals surface area (Å²) in [6.45, 7) is 8.33. The van der Waals surface area contributed by atoms with Gasteiger partial charge >= 0.3 is 5.97 Å². The predicted octanol–water partition coefficient (Wildman–Crippen LogP) is 5.26. The van der Waals surface area contributed by atoms with Gasteiger partial charge in [0.1, 0.15) is 0 Å². The summed E-state index contributed by atoms with van der Waals surface area (Å²) in [6.07, 6.45) is 14.7. The van der Waals surface area contributed by atoms with Crippen LogP contribution in [0.4, 0.5) is 0 Å². The van der Waals surface area contributed by atoms with Crippen molar-refractivity contribution in [3.05, 3.63) is 0 Å². The molecule has 3 heteroatoms. The molecule has 0 saturated carbocycles. The molecule has 0 rings (SSSR count). The fourth-order valence-electron chi connectivity index (χ4n) is 2.57. The summed E-state index contributed by atoms with van der Waals surface area (Å²) in [6, 6.07) is 0. The largest absolute Gasteiger partial charge is 0.467 e. The van der Waals surface area contributed by atoms with Gasteiger partial charge in [-0.25, -0.2) is 0 Å². The number of hydrogen-bond acceptors (Lipinski definition) is 2. The molecule has 2 nitrogen and oxygen atoms in total. The maximum Gasteiger partial charge on any atom is 0.302 e. The molecule has 120 valence electrons. The Morgan fingerprint density at radius 3 is 1.75 bits per heavy atom. The fraction of sp³-hybridized carbons (Fsp3) is 0.941. The molecular weight excluding hydrogens is 264 g/mol. The topological polar surface area (TPSA) is 26.3 Å². The van der Waals surface area contributed by atoms with Crippen molar-refractivity contribution < 1.29 is 9.53 Å². The molecule has 0 N–H and O–H groups in total. The van der Waals surface area contributed by atoms with Crippen molar-refractivity contribution in [2.24, 2.45) is 0 Å². The van der Waals surface area contributed by atoms with Crippen LogP contribution in [0.3, 0.4) is 0 Å². The standard InChI is InChI=1S/C17H36O2Si/c1-5-6-7-8-9-10-11-12-13-14-15-17(20(3)4)19-16(2)18/h17,20H,5-15H2,1-4H3. The van der Waals surface area contributed by atoms with Crippen molar-refractivity contribution in [2.75, 3.05) is 0 Å². The molecule has 20 heavy (non-hydrogen) atoms. The van der Waals surface area contributed by atoms with E-state index < -0.39 is 8.80 Å². The van der Waals surface area contributed by atoms with E-state index in [-0.39, 0.29) is 11.7 Å². The van der Waals surface area contributed by atoms with Gasteiger partial charge in [-0.2, -0.15) is 0 Å². The molecule has 1 atom stereocenters. The fourth-order valence-corrected chi connectivity index (χ4v) is 3.94. The maximum absolute atomic E-state index is 11.0. The molecule has 0 aliphatic heterocycles. The van der Waals surface area contributed by atoms with E-state index in [0.29, 0.717) is 0 Å². The van der Waals surface area contributed by atoms with Crippen molar-refractivity contribution >= 4 is 14.8 Å². The lowest BCUT2D eigenvalue weighted by molar-refractivity contribution is -0.143. The minimum Gasteiger partial charge on any atom is -0.467 e. The quantitative estimate of drug-likeness (QED) is 0.264. The highest BCUT2D eigenvalue weighted by atomic mass is 28.3. The molecular formula is C17H36O2Si. The van der Waals surface area contributed by atoms with Gasteiger partial charge in [0.25, 0.3) is 0 Å². The first kappa shape index (κ1) is 19.7. The van der Waals surface area contributed by atoms with Crippen LogP contribution in [0.2, 0.25) is 13.1 Å². The van der Waals surface area contributed by atoms with E-state index in [1.807, 2.05) is 0 Å². The van der Waals surface area contributed by atoms with Crippen molar-refractivity contribution in [3.8, 4) is 0 Å². The van der Waals surface area contributed by atoms with Gasteiger partial charge in [0, 0.05) is 6.92 Å². The minimum atomic E-state index is -0.866. The van der Waals surface area contributed by atoms with Gasteiger partial charge in [-0.05, 0) is 6.42 Å². The Hall–Kier alpha value is -0.313. The minimum absolute atomic E-state index is 0.108. The number of rotatable bonds is 13. The van der Waals surface area contributed by atoms with Crippen molar-refractivity contribution in [2.45, 2.75) is 103 Å². The summed E-state index contributed by atoms with van der Waals surface area (Å²) < 4.78 is 5.42. The second-order valence-electron chi connectivity index (χ2n) is 6.36. The zero-order valence-corrected chi connectivity index (χ0v) is 15.4. The Kier molecular flexibility index (Phi) is 13.4. The predicted molar refractivity (Wildman–Crippen MR) is 90.9 cm³/mol. The summed E-state index contributed by atoms with van der Waals surface area (Å²) in [4.78, 5) is 11.0. The number of ether oxygens (including phenoxy) is 1. The van der Waals surface area contributed by atoms with Crippen LogP contribution in [-0.2, 0) is 9.53 Å². The van der Waals surface area contributed by atoms with Crippen LogP contribution in [0.5, 0.6) is 0 Å². The maximum atomic E-state index is 11.0. The second-order valence-corrected chi connectivity index (χ2v) is 9.59. The smallest absolute Gasteiger partial charge is 0.302 e. The van der Waals surface area contributed by atoms with Crippen molar-refractivity contribution in [1.82, 2.24) is 0 Å². The van der Waals surface area contributed by atoms with E-state index in [1.54, 1.807) is 0 Å². The molecule has 0 aromatic rings. The van der Waals surface area contributed by atoms with Crippen molar-refractivity contribution in [1.29, 1.82) is 0 Å². The SMILES string of the molecule is CCCCCCCCCCCCC(OC(C)=O)[SiH](C)C. The Labute approximate surface area is 128 Å². The third kappa shape index (κ3) is 12.7. The third-order valence-corrected chi connectivity index (χ3v) is 5.86. The Bertz CT molecular complexity index is 229. The molecule has 0 amide bonds. The molecule has 0 aromatic heterocycles. The highest BCUT2D eigenvalue weighted by Gasteiger charge is 2.16. The number of esters is 1. The molecule has 0 fully saturated rings. The molecule has 0 heterocycles. The molecule has 0 aliphatic rings. The van der Waals surface area contributed by atoms with Gasteiger partial charge in [0.2, 0.25) is 0 Å². The number of carbonyl (C=O) groups excluding carboxylic acids is 1. The van der Waals surface area contributed by atoms with Crippen LogP contribution in [-0.4, -0.2) is 20.5 Å². The molecule has 0 saturated heterocycles. The van der Waals surface area contributed by atoms with Crippen LogP contribution < -0.4 is 0 Å². The second kappa shape index (κ2) is 13.7. The Morgan fingerprint density at radius 2 is 1.35 bits per heavy atom. The number of carbonyl (C=O) groups is 1. The lowest BCUT2D eigenvalue weighted by atomic mass is 10.1. The van der Waals surface area contributed by atoms with Crippen molar-refractivity contribution in [3.63, 3.8) is 0 Å². The number of hydrogen-bond donors (Lipinski definition) is 0. The highest BCUT2D eigenvalue weighted by Crippen LogP contribution is 2.14. The van der Waals surface area contributed by atoms with E-state index in [9.17, 15) is 4.79 Å². The normalized spacial score (nSPS) is 12.7. The average molecular weight is 301 g/mol. The summed E-state index contributed by atoms with van der Waals surface area (Å²) >= 11 is 0. The van der Waals surface area contributed by atoms with Gasteiger partial charge in [0.15, 0.2) is 0 Å². The van der Waals surface area contributed by atoms with E-state index in [2.05, 4.69) is 20.0 Å². The van der Waals surface area contributed by atoms with E-state index in [1.165, 1.54) is 71.1 Å². The Balaban J connectivity index is 3.39. The summed E-state index contributed by atoms with van der Waals surface area (Å²) in [7, 11) is -0.866. The first-order valence-corrected chi connectivity index (χ1v) is 11.7. The van der Waals surface area contributed by atoms with Crippen LogP contribution in [0.1, 0.15) is 84.5 Å². The molecule has 0 radical (unpaired) electrons. The summed E-state index contributed by atoms with van der Waals surface area (Å²) in [5.41, 5.74) is 0.251. The summed E-state index contributed by atoms with van der Waals surface area (Å²) in [5, 5.41) is 0. The van der Waals surface area contributed by atoms with E-state index >= 15 is 0 Å². The lowest BCUT2D eigenvalue weighted by Gasteiger charge is -2.19. The first-order chi connectivity index (χ1) is 9.57. The van der Waals surface area contributed by atoms with Gasteiger partial charge in [-0.1, -0.05) is 84.2 Å². The number of unbranched alkanes of at least 4 members (excludes halogenated alkanes) is 9. The van der Waals surface area contributed by atoms with Gasteiger partial charge in [-0.3, -0.25) is 4.79 Å². The molecule has 0 aromatic carbocycles. The molecule has 1 unspecified atom stereocenters. The van der Waals surface area contributed by atoms with Crippen LogP contribution in [0.25, 0.3) is 0 Å². The lowest BCUT2D eigenvalue weighted by Crippen LogP contribution is -2.29. The zero-order chi connectivity index (χ0) is 15.2. The first-order valence-electron chi connectivity index (χ1n) is 8.75. The van der Waals surface area contributed by atoms with Gasteiger partial charge < -0.3 is 4.74 Å². The van der Waals surface area contributed by atoms with Gasteiger partial charge in [-0.15, -0.1) is 0 Å². The van der Waals surface area contributed by atoms with Gasteiger partial charge in [0.05, 0.1) is 14.5 Å². The third-order valence-electron chi connectivity index (χ3n) is 3.90. The molecule has 0 bridgehead atoms.